The molecule has 1 unspecified atom stereocenters. The lowest BCUT2D eigenvalue weighted by Gasteiger charge is -2.14. The van der Waals surface area contributed by atoms with E-state index in [4.69, 9.17) is 19.0 Å². The Morgan fingerprint density at radius 3 is 2.60 bits per heavy atom. The summed E-state index contributed by atoms with van der Waals surface area (Å²) in [6, 6.07) is 17.0. The molecule has 1 aliphatic rings. The van der Waals surface area contributed by atoms with Crippen LogP contribution in [0, 0.1) is 0 Å². The number of anilines is 1. The molecule has 180 valence electrons. The van der Waals surface area contributed by atoms with Crippen LogP contribution in [0.15, 0.2) is 64.2 Å². The van der Waals surface area contributed by atoms with Crippen LogP contribution >= 0.6 is 11.8 Å². The standard InChI is InChI=1S/C25H25N5O4S/c1-15(35-24-28-27-23(34-24)16-10-11-18-19(12-16)33-14-32-18)22(31)26-21-13-20(25(2,3)4)29-30(21)17-8-6-5-7-9-17/h5-13,15H,14H2,1-4H3,(H,26,31). The Balaban J connectivity index is 1.31. The van der Waals surface area contributed by atoms with Gasteiger partial charge in [0, 0.05) is 17.0 Å². The maximum Gasteiger partial charge on any atom is 0.277 e. The van der Waals surface area contributed by atoms with E-state index in [1.807, 2.05) is 42.5 Å². The number of hydrogen-bond donors (Lipinski definition) is 1. The van der Waals surface area contributed by atoms with Gasteiger partial charge in [-0.3, -0.25) is 4.79 Å². The average Bonchev–Trinajstić information content (AvgIpc) is 3.58. The highest BCUT2D eigenvalue weighted by Gasteiger charge is 2.24. The minimum Gasteiger partial charge on any atom is -0.454 e. The second-order valence-electron chi connectivity index (χ2n) is 9.10. The molecule has 0 aliphatic carbocycles. The molecule has 3 heterocycles. The van der Waals surface area contributed by atoms with E-state index in [0.29, 0.717) is 34.0 Å². The zero-order chi connectivity index (χ0) is 24.6. The molecule has 2 aromatic carbocycles. The van der Waals surface area contributed by atoms with E-state index in [1.165, 1.54) is 11.8 Å². The Bertz CT molecular complexity index is 1360. The van der Waals surface area contributed by atoms with E-state index < -0.39 is 5.25 Å². The molecular weight excluding hydrogens is 466 g/mol. The number of amides is 1. The summed E-state index contributed by atoms with van der Waals surface area (Å²) in [4.78, 5) is 13.1. The smallest absolute Gasteiger partial charge is 0.277 e. The molecule has 4 aromatic rings. The minimum atomic E-state index is -0.489. The molecule has 0 fully saturated rings. The van der Waals surface area contributed by atoms with Gasteiger partial charge in [-0.2, -0.15) is 5.10 Å². The van der Waals surface area contributed by atoms with Gasteiger partial charge in [-0.15, -0.1) is 10.2 Å². The van der Waals surface area contributed by atoms with Crippen LogP contribution in [-0.4, -0.2) is 37.9 Å². The van der Waals surface area contributed by atoms with Crippen LogP contribution in [0.2, 0.25) is 0 Å². The first kappa shape index (κ1) is 23.0. The van der Waals surface area contributed by atoms with Crippen molar-refractivity contribution in [3.63, 3.8) is 0 Å². The van der Waals surface area contributed by atoms with Crippen molar-refractivity contribution in [2.24, 2.45) is 0 Å². The number of benzene rings is 2. The highest BCUT2D eigenvalue weighted by Crippen LogP contribution is 2.36. The molecule has 5 rings (SSSR count). The fourth-order valence-corrected chi connectivity index (χ4v) is 4.12. The van der Waals surface area contributed by atoms with Gasteiger partial charge in [0.25, 0.3) is 5.22 Å². The fraction of sp³-hybridized carbons (Fsp3) is 0.280. The van der Waals surface area contributed by atoms with E-state index in [2.05, 4.69) is 36.3 Å². The van der Waals surface area contributed by atoms with Gasteiger partial charge < -0.3 is 19.2 Å². The predicted molar refractivity (Wildman–Crippen MR) is 132 cm³/mol. The number of hydrogen-bond acceptors (Lipinski definition) is 8. The van der Waals surface area contributed by atoms with Gasteiger partial charge in [0.1, 0.15) is 5.82 Å². The maximum absolute atomic E-state index is 13.1. The van der Waals surface area contributed by atoms with Crippen LogP contribution in [0.25, 0.3) is 17.1 Å². The second kappa shape index (κ2) is 9.10. The van der Waals surface area contributed by atoms with Gasteiger partial charge in [0.15, 0.2) is 11.5 Å². The molecule has 0 saturated carbocycles. The van der Waals surface area contributed by atoms with Gasteiger partial charge in [-0.1, -0.05) is 50.7 Å². The van der Waals surface area contributed by atoms with Crippen LogP contribution in [0.1, 0.15) is 33.4 Å². The Labute approximate surface area is 206 Å². The van der Waals surface area contributed by atoms with Crippen LogP contribution in [0.4, 0.5) is 5.82 Å². The topological polar surface area (TPSA) is 104 Å². The number of nitrogens with zero attached hydrogens (tertiary/aromatic N) is 4. The van der Waals surface area contributed by atoms with Crippen molar-refractivity contribution in [2.45, 2.75) is 43.6 Å². The summed E-state index contributed by atoms with van der Waals surface area (Å²) >= 11 is 1.19. The van der Waals surface area contributed by atoms with Crippen molar-refractivity contribution in [3.8, 4) is 28.6 Å². The molecule has 1 aliphatic heterocycles. The number of thioether (sulfide) groups is 1. The Morgan fingerprint density at radius 1 is 1.06 bits per heavy atom. The van der Waals surface area contributed by atoms with Crippen molar-refractivity contribution in [1.29, 1.82) is 0 Å². The van der Waals surface area contributed by atoms with Crippen LogP contribution in [0.5, 0.6) is 11.5 Å². The summed E-state index contributed by atoms with van der Waals surface area (Å²) in [6.45, 7) is 8.24. The number of ether oxygens (including phenoxy) is 2. The number of para-hydroxylation sites is 1. The number of carbonyl (C=O) groups is 1. The number of carbonyl (C=O) groups excluding carboxylic acids is 1. The Morgan fingerprint density at radius 2 is 1.83 bits per heavy atom. The van der Waals surface area contributed by atoms with Gasteiger partial charge in [-0.05, 0) is 37.3 Å². The first-order valence-electron chi connectivity index (χ1n) is 11.1. The molecule has 10 heteroatoms. The number of nitrogens with one attached hydrogen (secondary N) is 1. The normalized spacial score (nSPS) is 13.6. The zero-order valence-electron chi connectivity index (χ0n) is 19.8. The first-order chi connectivity index (χ1) is 16.8. The van der Waals surface area contributed by atoms with Crippen molar-refractivity contribution in [3.05, 3.63) is 60.3 Å². The summed E-state index contributed by atoms with van der Waals surface area (Å²) in [5, 5.41) is 15.8. The third kappa shape index (κ3) is 4.88. The molecule has 9 nitrogen and oxygen atoms in total. The number of rotatable bonds is 6. The van der Waals surface area contributed by atoms with Gasteiger partial charge in [-0.25, -0.2) is 4.68 Å². The van der Waals surface area contributed by atoms with E-state index in [1.54, 1.807) is 23.7 Å². The fourth-order valence-electron chi connectivity index (χ4n) is 3.44. The van der Waals surface area contributed by atoms with Crippen LogP contribution in [0.3, 0.4) is 0 Å². The molecule has 1 atom stereocenters. The molecule has 1 N–H and O–H groups in total. The van der Waals surface area contributed by atoms with Crippen LogP contribution in [-0.2, 0) is 10.2 Å². The predicted octanol–water partition coefficient (Wildman–Crippen LogP) is 5.07. The average molecular weight is 492 g/mol. The summed E-state index contributed by atoms with van der Waals surface area (Å²) in [6.07, 6.45) is 0. The number of aromatic nitrogens is 4. The molecular formula is C25H25N5O4S. The lowest BCUT2D eigenvalue weighted by molar-refractivity contribution is -0.115. The molecule has 0 bridgehead atoms. The van der Waals surface area contributed by atoms with E-state index in [9.17, 15) is 4.79 Å². The lowest BCUT2D eigenvalue weighted by Crippen LogP contribution is -2.24. The molecule has 1 amide bonds. The van der Waals surface area contributed by atoms with Gasteiger partial charge >= 0.3 is 0 Å². The Kier molecular flexibility index (Phi) is 5.98. The molecule has 0 radical (unpaired) electrons. The summed E-state index contributed by atoms with van der Waals surface area (Å²) in [5.41, 5.74) is 2.28. The van der Waals surface area contributed by atoms with Gasteiger partial charge in [0.2, 0.25) is 18.6 Å². The SMILES string of the molecule is CC(Sc1nnc(-c2ccc3c(c2)OCO3)o1)C(=O)Nc1cc(C(C)(C)C)nn1-c1ccccc1. The minimum absolute atomic E-state index is 0.172. The second-order valence-corrected chi connectivity index (χ2v) is 10.4. The molecule has 0 spiro atoms. The number of fused-ring (bicyclic) bond motifs is 1. The monoisotopic (exact) mass is 491 g/mol. The summed E-state index contributed by atoms with van der Waals surface area (Å²) < 4.78 is 18.3. The largest absolute Gasteiger partial charge is 0.454 e. The quantitative estimate of drug-likeness (QED) is 0.373. The van der Waals surface area contributed by atoms with E-state index in [-0.39, 0.29) is 18.1 Å². The zero-order valence-corrected chi connectivity index (χ0v) is 20.6. The summed E-state index contributed by atoms with van der Waals surface area (Å²) in [7, 11) is 0. The molecule has 35 heavy (non-hydrogen) atoms. The first-order valence-corrected chi connectivity index (χ1v) is 12.0. The maximum atomic E-state index is 13.1. The third-order valence-electron chi connectivity index (χ3n) is 5.40. The van der Waals surface area contributed by atoms with Crippen LogP contribution < -0.4 is 14.8 Å². The van der Waals surface area contributed by atoms with Crippen molar-refractivity contribution in [1.82, 2.24) is 20.0 Å². The van der Waals surface area contributed by atoms with E-state index >= 15 is 0 Å². The van der Waals surface area contributed by atoms with Crippen molar-refractivity contribution in [2.75, 3.05) is 12.1 Å². The molecule has 2 aromatic heterocycles. The Hall–Kier alpha value is -3.79. The van der Waals surface area contributed by atoms with Crippen molar-refractivity contribution < 1.29 is 18.7 Å². The third-order valence-corrected chi connectivity index (χ3v) is 6.34. The molecule has 0 saturated heterocycles. The highest BCUT2D eigenvalue weighted by atomic mass is 32.2. The highest BCUT2D eigenvalue weighted by molar-refractivity contribution is 8.00. The summed E-state index contributed by atoms with van der Waals surface area (Å²) in [5.74, 6) is 2.06. The lowest BCUT2D eigenvalue weighted by atomic mass is 9.92. The van der Waals surface area contributed by atoms with Crippen molar-refractivity contribution >= 4 is 23.5 Å². The van der Waals surface area contributed by atoms with E-state index in [0.717, 1.165) is 11.4 Å². The van der Waals surface area contributed by atoms with Gasteiger partial charge in [0.05, 0.1) is 16.6 Å².